The quantitative estimate of drug-likeness (QED) is 0.672. The molecule has 2 atom stereocenters. The summed E-state index contributed by atoms with van der Waals surface area (Å²) >= 11 is 5.85. The van der Waals surface area contributed by atoms with Crippen molar-refractivity contribution in [3.63, 3.8) is 0 Å². The lowest BCUT2D eigenvalue weighted by molar-refractivity contribution is -0.149. The molecule has 1 aliphatic rings. The lowest BCUT2D eigenvalue weighted by atomic mass is 9.89. The highest BCUT2D eigenvalue weighted by molar-refractivity contribution is 6.38. The van der Waals surface area contributed by atoms with Crippen LogP contribution < -0.4 is 0 Å². The van der Waals surface area contributed by atoms with Gasteiger partial charge in [-0.2, -0.15) is 0 Å². The van der Waals surface area contributed by atoms with E-state index in [2.05, 4.69) is 0 Å². The van der Waals surface area contributed by atoms with Crippen molar-refractivity contribution in [3.05, 3.63) is 34.9 Å². The van der Waals surface area contributed by atoms with Crippen molar-refractivity contribution in [1.82, 2.24) is 0 Å². The van der Waals surface area contributed by atoms with Crippen LogP contribution in [-0.4, -0.2) is 28.9 Å². The molecule has 1 heterocycles. The molecular formula is C13H11ClO5. The molecule has 0 amide bonds. The van der Waals surface area contributed by atoms with Crippen LogP contribution in [0.15, 0.2) is 24.3 Å². The monoisotopic (exact) mass is 282 g/mol. The van der Waals surface area contributed by atoms with Gasteiger partial charge in [0, 0.05) is 11.4 Å². The number of carbonyl (C=O) groups is 3. The Labute approximate surface area is 114 Å². The van der Waals surface area contributed by atoms with Gasteiger partial charge in [0.2, 0.25) is 0 Å². The lowest BCUT2D eigenvalue weighted by Crippen LogP contribution is -2.19. The van der Waals surface area contributed by atoms with Crippen molar-refractivity contribution in [3.8, 4) is 0 Å². The lowest BCUT2D eigenvalue weighted by Gasteiger charge is -2.15. The Morgan fingerprint density at radius 2 is 2.11 bits per heavy atom. The molecule has 1 N–H and O–H groups in total. The number of carbonyl (C=O) groups excluding carboxylic acids is 2. The van der Waals surface area contributed by atoms with Gasteiger partial charge in [-0.1, -0.05) is 23.7 Å². The summed E-state index contributed by atoms with van der Waals surface area (Å²) < 4.78 is 4.94. The van der Waals surface area contributed by atoms with Crippen molar-refractivity contribution < 1.29 is 24.2 Å². The fourth-order valence-corrected chi connectivity index (χ4v) is 2.32. The number of Topliss-reactive ketones (excluding diaryl/α,β-unsaturated/α-hetero) is 1. The SMILES string of the molecule is O=C(O)CCC1OC(=O)C(=O)C1c1cccc(Cl)c1. The first-order valence-electron chi connectivity index (χ1n) is 5.71. The van der Waals surface area contributed by atoms with Gasteiger partial charge >= 0.3 is 11.9 Å². The van der Waals surface area contributed by atoms with Crippen LogP contribution in [0.1, 0.15) is 24.3 Å². The average molecular weight is 283 g/mol. The second-order valence-electron chi connectivity index (χ2n) is 4.27. The first kappa shape index (κ1) is 13.5. The number of esters is 1. The zero-order valence-electron chi connectivity index (χ0n) is 9.84. The smallest absolute Gasteiger partial charge is 0.375 e. The van der Waals surface area contributed by atoms with E-state index in [0.29, 0.717) is 10.6 Å². The minimum atomic E-state index is -1.000. The number of aliphatic carboxylic acids is 1. The molecular weight excluding hydrogens is 272 g/mol. The number of halogens is 1. The Morgan fingerprint density at radius 3 is 2.74 bits per heavy atom. The molecule has 2 unspecified atom stereocenters. The van der Waals surface area contributed by atoms with Crippen LogP contribution in [0.5, 0.6) is 0 Å². The number of hydrogen-bond acceptors (Lipinski definition) is 4. The van der Waals surface area contributed by atoms with Crippen LogP contribution in [0.4, 0.5) is 0 Å². The third kappa shape index (κ3) is 2.93. The Balaban J connectivity index is 2.25. The van der Waals surface area contributed by atoms with Gasteiger partial charge in [-0.05, 0) is 24.1 Å². The van der Waals surface area contributed by atoms with E-state index in [0.717, 1.165) is 0 Å². The molecule has 5 nitrogen and oxygen atoms in total. The molecule has 100 valence electrons. The van der Waals surface area contributed by atoms with Crippen LogP contribution in [0.3, 0.4) is 0 Å². The first-order valence-corrected chi connectivity index (χ1v) is 6.09. The molecule has 2 rings (SSSR count). The second kappa shape index (κ2) is 5.40. The van der Waals surface area contributed by atoms with E-state index in [1.165, 1.54) is 0 Å². The third-order valence-electron chi connectivity index (χ3n) is 2.96. The summed E-state index contributed by atoms with van der Waals surface area (Å²) in [6, 6.07) is 6.57. The maximum atomic E-state index is 11.8. The van der Waals surface area contributed by atoms with E-state index < -0.39 is 29.7 Å². The van der Waals surface area contributed by atoms with Gasteiger partial charge < -0.3 is 9.84 Å². The highest BCUT2D eigenvalue weighted by atomic mass is 35.5. The minimum absolute atomic E-state index is 0.101. The van der Waals surface area contributed by atoms with Gasteiger partial charge in [0.25, 0.3) is 5.78 Å². The number of carboxylic acids is 1. The summed E-state index contributed by atoms with van der Waals surface area (Å²) in [5.41, 5.74) is 0.568. The van der Waals surface area contributed by atoms with Crippen LogP contribution in [0.25, 0.3) is 0 Å². The molecule has 6 heteroatoms. The van der Waals surface area contributed by atoms with Gasteiger partial charge in [-0.3, -0.25) is 9.59 Å². The van der Waals surface area contributed by atoms with Crippen molar-refractivity contribution in [2.24, 2.45) is 0 Å². The zero-order chi connectivity index (χ0) is 14.0. The largest absolute Gasteiger partial charge is 0.481 e. The van der Waals surface area contributed by atoms with Gasteiger partial charge in [0.15, 0.2) is 0 Å². The highest BCUT2D eigenvalue weighted by Crippen LogP contribution is 2.33. The van der Waals surface area contributed by atoms with Crippen molar-refractivity contribution in [2.45, 2.75) is 24.9 Å². The summed E-state index contributed by atoms with van der Waals surface area (Å²) in [5, 5.41) is 9.11. The van der Waals surface area contributed by atoms with Gasteiger partial charge in [0.1, 0.15) is 6.10 Å². The predicted octanol–water partition coefficient (Wildman–Crippen LogP) is 1.78. The normalized spacial score (nSPS) is 22.4. The fraction of sp³-hybridized carbons (Fsp3) is 0.308. The molecule has 0 spiro atoms. The van der Waals surface area contributed by atoms with E-state index in [1.807, 2.05) is 0 Å². The van der Waals surface area contributed by atoms with Gasteiger partial charge in [0.05, 0.1) is 5.92 Å². The van der Waals surface area contributed by atoms with Crippen molar-refractivity contribution >= 4 is 29.3 Å². The zero-order valence-corrected chi connectivity index (χ0v) is 10.6. The number of ether oxygens (including phenoxy) is 1. The summed E-state index contributed by atoms with van der Waals surface area (Å²) in [6.45, 7) is 0. The summed E-state index contributed by atoms with van der Waals surface area (Å²) in [6.07, 6.45) is -0.804. The number of benzene rings is 1. The fourth-order valence-electron chi connectivity index (χ4n) is 2.12. The Kier molecular flexibility index (Phi) is 3.85. The first-order chi connectivity index (χ1) is 8.99. The maximum Gasteiger partial charge on any atom is 0.375 e. The van der Waals surface area contributed by atoms with E-state index in [4.69, 9.17) is 21.4 Å². The Bertz CT molecular complexity index is 540. The van der Waals surface area contributed by atoms with Gasteiger partial charge in [-0.25, -0.2) is 4.79 Å². The minimum Gasteiger partial charge on any atom is -0.481 e. The summed E-state index contributed by atoms with van der Waals surface area (Å²) in [7, 11) is 0. The molecule has 0 aromatic heterocycles. The highest BCUT2D eigenvalue weighted by Gasteiger charge is 2.44. The van der Waals surface area contributed by atoms with E-state index in [1.54, 1.807) is 24.3 Å². The Hall–Kier alpha value is -1.88. The third-order valence-corrected chi connectivity index (χ3v) is 3.20. The van der Waals surface area contributed by atoms with Gasteiger partial charge in [-0.15, -0.1) is 0 Å². The number of hydrogen-bond donors (Lipinski definition) is 1. The molecule has 0 saturated carbocycles. The number of carboxylic acid groups (broad SMARTS) is 1. The number of ketones is 1. The molecule has 0 bridgehead atoms. The van der Waals surface area contributed by atoms with Crippen molar-refractivity contribution in [2.75, 3.05) is 0 Å². The van der Waals surface area contributed by atoms with E-state index in [-0.39, 0.29) is 12.8 Å². The standard InChI is InChI=1S/C13H11ClO5/c14-8-3-1-2-7(6-8)11-9(4-5-10(15)16)19-13(18)12(11)17/h1-3,6,9,11H,4-5H2,(H,15,16). The predicted molar refractivity (Wildman–Crippen MR) is 65.9 cm³/mol. The van der Waals surface area contributed by atoms with Crippen LogP contribution in [0, 0.1) is 0 Å². The maximum absolute atomic E-state index is 11.8. The van der Waals surface area contributed by atoms with Crippen LogP contribution in [-0.2, 0) is 19.1 Å². The second-order valence-corrected chi connectivity index (χ2v) is 4.71. The van der Waals surface area contributed by atoms with Crippen molar-refractivity contribution in [1.29, 1.82) is 0 Å². The molecule has 1 aromatic rings. The summed E-state index contributed by atoms with van der Waals surface area (Å²) in [4.78, 5) is 33.7. The Morgan fingerprint density at radius 1 is 1.37 bits per heavy atom. The van der Waals surface area contributed by atoms with Crippen LogP contribution in [0.2, 0.25) is 5.02 Å². The molecule has 0 aliphatic carbocycles. The number of cyclic esters (lactones) is 1. The van der Waals surface area contributed by atoms with Crippen LogP contribution >= 0.6 is 11.6 Å². The molecule has 1 fully saturated rings. The molecule has 1 saturated heterocycles. The molecule has 1 aromatic carbocycles. The topological polar surface area (TPSA) is 80.7 Å². The number of rotatable bonds is 4. The molecule has 1 aliphatic heterocycles. The van der Waals surface area contributed by atoms with E-state index in [9.17, 15) is 14.4 Å². The average Bonchev–Trinajstić information content (AvgIpc) is 2.63. The molecule has 0 radical (unpaired) electrons. The van der Waals surface area contributed by atoms with E-state index >= 15 is 0 Å². The summed E-state index contributed by atoms with van der Waals surface area (Å²) in [5.74, 6) is -3.34. The molecule has 19 heavy (non-hydrogen) atoms.